The Bertz CT molecular complexity index is 1160. The summed E-state index contributed by atoms with van der Waals surface area (Å²) in [5.41, 5.74) is 1.78. The van der Waals surface area contributed by atoms with Gasteiger partial charge >= 0.3 is 11.9 Å². The lowest BCUT2D eigenvalue weighted by Crippen LogP contribution is -2.15. The van der Waals surface area contributed by atoms with Crippen LogP contribution in [0.4, 0.5) is 5.69 Å². The number of unbranched alkanes of at least 4 members (excludes halogenated alkanes) is 1. The Morgan fingerprint density at radius 2 is 1.39 bits per heavy atom. The number of carboxylic acid groups (broad SMARTS) is 2. The van der Waals surface area contributed by atoms with Gasteiger partial charge in [0.1, 0.15) is 17.2 Å². The molecular weight excluding hydrogens is 466 g/mol. The second-order valence-electron chi connectivity index (χ2n) is 7.79. The number of carboxylic acids is 2. The molecule has 9 nitrogen and oxygen atoms in total. The van der Waals surface area contributed by atoms with Crippen molar-refractivity contribution >= 4 is 23.5 Å². The molecule has 0 saturated heterocycles. The predicted octanol–water partition coefficient (Wildman–Crippen LogP) is 4.27. The molecule has 0 radical (unpaired) electrons. The molecular formula is C27H27NO8. The van der Waals surface area contributed by atoms with Crippen LogP contribution in [-0.2, 0) is 16.0 Å². The van der Waals surface area contributed by atoms with Crippen molar-refractivity contribution in [3.63, 3.8) is 0 Å². The average molecular weight is 494 g/mol. The summed E-state index contributed by atoms with van der Waals surface area (Å²) < 4.78 is 16.1. The second-order valence-corrected chi connectivity index (χ2v) is 7.79. The standard InChI is InChI=1S/C27H27NO8/c29-25(30)17-35-22-13-14-24(36-18-26(31)32)23(16-22)28-27(33)20-9-11-21(12-10-20)34-15-5-4-8-19-6-2-1-3-7-19/h1-3,6-7,9-14,16H,4-5,8,15,17-18H2,(H,28,33)(H,29,30)(H,31,32). The lowest BCUT2D eigenvalue weighted by atomic mass is 10.1. The van der Waals surface area contributed by atoms with Crippen LogP contribution in [0, 0.1) is 0 Å². The van der Waals surface area contributed by atoms with Crippen molar-refractivity contribution < 1.29 is 38.8 Å². The summed E-state index contributed by atoms with van der Waals surface area (Å²) in [7, 11) is 0. The smallest absolute Gasteiger partial charge is 0.341 e. The van der Waals surface area contributed by atoms with Crippen LogP contribution in [-0.4, -0.2) is 47.9 Å². The van der Waals surface area contributed by atoms with E-state index in [2.05, 4.69) is 17.4 Å². The van der Waals surface area contributed by atoms with Gasteiger partial charge in [0.25, 0.3) is 5.91 Å². The molecule has 1 amide bonds. The number of hydrogen-bond donors (Lipinski definition) is 3. The number of ether oxygens (including phenoxy) is 3. The van der Waals surface area contributed by atoms with E-state index in [1.165, 1.54) is 23.8 Å². The van der Waals surface area contributed by atoms with Gasteiger partial charge in [-0.2, -0.15) is 0 Å². The van der Waals surface area contributed by atoms with Crippen molar-refractivity contribution in [1.82, 2.24) is 0 Å². The molecule has 0 bridgehead atoms. The van der Waals surface area contributed by atoms with Crippen LogP contribution in [0.15, 0.2) is 72.8 Å². The monoisotopic (exact) mass is 493 g/mol. The number of carbonyl (C=O) groups excluding carboxylic acids is 1. The van der Waals surface area contributed by atoms with Gasteiger partial charge in [0.05, 0.1) is 12.3 Å². The van der Waals surface area contributed by atoms with Gasteiger partial charge in [-0.25, -0.2) is 9.59 Å². The van der Waals surface area contributed by atoms with Crippen molar-refractivity contribution in [2.45, 2.75) is 19.3 Å². The number of rotatable bonds is 14. The van der Waals surface area contributed by atoms with Crippen LogP contribution in [0.1, 0.15) is 28.8 Å². The third kappa shape index (κ3) is 8.68. The number of hydrogen-bond acceptors (Lipinski definition) is 6. The first-order chi connectivity index (χ1) is 17.4. The van der Waals surface area contributed by atoms with E-state index >= 15 is 0 Å². The molecule has 0 aliphatic heterocycles. The Balaban J connectivity index is 1.55. The maximum atomic E-state index is 12.8. The van der Waals surface area contributed by atoms with Crippen LogP contribution >= 0.6 is 0 Å². The number of anilines is 1. The summed E-state index contributed by atoms with van der Waals surface area (Å²) in [4.78, 5) is 34.4. The van der Waals surface area contributed by atoms with E-state index in [0.717, 1.165) is 19.3 Å². The zero-order chi connectivity index (χ0) is 25.8. The first-order valence-corrected chi connectivity index (χ1v) is 11.3. The van der Waals surface area contributed by atoms with E-state index in [0.29, 0.717) is 17.9 Å². The van der Waals surface area contributed by atoms with Gasteiger partial charge in [0.2, 0.25) is 0 Å². The summed E-state index contributed by atoms with van der Waals surface area (Å²) in [6.07, 6.45) is 2.90. The molecule has 0 fully saturated rings. The van der Waals surface area contributed by atoms with E-state index in [1.54, 1.807) is 24.3 Å². The number of amides is 1. The third-order valence-electron chi connectivity index (χ3n) is 5.00. The van der Waals surface area contributed by atoms with Crippen LogP contribution in [0.25, 0.3) is 0 Å². The van der Waals surface area contributed by atoms with Crippen molar-refractivity contribution in [1.29, 1.82) is 0 Å². The highest BCUT2D eigenvalue weighted by molar-refractivity contribution is 6.05. The molecule has 3 aromatic carbocycles. The van der Waals surface area contributed by atoms with Crippen molar-refractivity contribution in [3.05, 3.63) is 83.9 Å². The first-order valence-electron chi connectivity index (χ1n) is 11.3. The zero-order valence-corrected chi connectivity index (χ0v) is 19.5. The highest BCUT2D eigenvalue weighted by Crippen LogP contribution is 2.30. The molecule has 3 N–H and O–H groups in total. The molecule has 0 aliphatic rings. The number of benzene rings is 3. The largest absolute Gasteiger partial charge is 0.494 e. The molecule has 0 atom stereocenters. The van der Waals surface area contributed by atoms with Gasteiger partial charge in [0.15, 0.2) is 13.2 Å². The lowest BCUT2D eigenvalue weighted by molar-refractivity contribution is -0.140. The molecule has 0 aliphatic carbocycles. The molecule has 9 heteroatoms. The molecule has 0 aromatic heterocycles. The lowest BCUT2D eigenvalue weighted by Gasteiger charge is -2.14. The van der Waals surface area contributed by atoms with E-state index in [9.17, 15) is 14.4 Å². The quantitative estimate of drug-likeness (QED) is 0.284. The van der Waals surface area contributed by atoms with Crippen LogP contribution in [0.5, 0.6) is 17.2 Å². The number of carbonyl (C=O) groups is 3. The van der Waals surface area contributed by atoms with Crippen LogP contribution in [0.2, 0.25) is 0 Å². The Morgan fingerprint density at radius 3 is 2.08 bits per heavy atom. The summed E-state index contributed by atoms with van der Waals surface area (Å²) >= 11 is 0. The summed E-state index contributed by atoms with van der Waals surface area (Å²) in [5.74, 6) is -1.91. The fourth-order valence-corrected chi connectivity index (χ4v) is 3.27. The maximum Gasteiger partial charge on any atom is 0.341 e. The van der Waals surface area contributed by atoms with Crippen LogP contribution in [0.3, 0.4) is 0 Å². The molecule has 188 valence electrons. The van der Waals surface area contributed by atoms with Gasteiger partial charge < -0.3 is 29.7 Å². The minimum absolute atomic E-state index is 0.101. The van der Waals surface area contributed by atoms with Gasteiger partial charge in [-0.3, -0.25) is 4.79 Å². The van der Waals surface area contributed by atoms with E-state index in [-0.39, 0.29) is 17.2 Å². The number of nitrogens with one attached hydrogen (secondary N) is 1. The maximum absolute atomic E-state index is 12.8. The van der Waals surface area contributed by atoms with Crippen molar-refractivity contribution in [2.75, 3.05) is 25.1 Å². The highest BCUT2D eigenvalue weighted by atomic mass is 16.5. The van der Waals surface area contributed by atoms with Crippen molar-refractivity contribution in [3.8, 4) is 17.2 Å². The van der Waals surface area contributed by atoms with E-state index in [4.69, 9.17) is 24.4 Å². The van der Waals surface area contributed by atoms with Crippen LogP contribution < -0.4 is 19.5 Å². The molecule has 3 rings (SSSR count). The zero-order valence-electron chi connectivity index (χ0n) is 19.5. The summed E-state index contributed by atoms with van der Waals surface area (Å²) in [5, 5.41) is 20.3. The normalized spacial score (nSPS) is 10.3. The Labute approximate surface area is 208 Å². The molecule has 0 heterocycles. The number of aryl methyl sites for hydroxylation is 1. The van der Waals surface area contributed by atoms with Gasteiger partial charge in [0, 0.05) is 11.6 Å². The molecule has 0 spiro atoms. The minimum atomic E-state index is -1.19. The fraction of sp³-hybridized carbons (Fsp3) is 0.222. The van der Waals surface area contributed by atoms with Crippen molar-refractivity contribution in [2.24, 2.45) is 0 Å². The summed E-state index contributed by atoms with van der Waals surface area (Å²) in [6.45, 7) is -0.627. The topological polar surface area (TPSA) is 131 Å². The van der Waals surface area contributed by atoms with Gasteiger partial charge in [-0.1, -0.05) is 30.3 Å². The SMILES string of the molecule is O=C(O)COc1ccc(OCC(=O)O)c(NC(=O)c2ccc(OCCCCc3ccccc3)cc2)c1. The number of aliphatic carboxylic acids is 2. The third-order valence-corrected chi connectivity index (χ3v) is 5.00. The first kappa shape index (κ1) is 26.1. The minimum Gasteiger partial charge on any atom is -0.494 e. The Hall–Kier alpha value is -4.53. The summed E-state index contributed by atoms with van der Waals surface area (Å²) in [6, 6.07) is 21.0. The molecule has 0 saturated carbocycles. The fourth-order valence-electron chi connectivity index (χ4n) is 3.27. The second kappa shape index (κ2) is 13.4. The van der Waals surface area contributed by atoms with Gasteiger partial charge in [-0.15, -0.1) is 0 Å². The van der Waals surface area contributed by atoms with Gasteiger partial charge in [-0.05, 0) is 61.2 Å². The highest BCUT2D eigenvalue weighted by Gasteiger charge is 2.14. The molecule has 0 unspecified atom stereocenters. The molecule has 36 heavy (non-hydrogen) atoms. The predicted molar refractivity (Wildman–Crippen MR) is 132 cm³/mol. The Morgan fingerprint density at radius 1 is 0.722 bits per heavy atom. The van der Waals surface area contributed by atoms with E-state index in [1.807, 2.05) is 18.2 Å². The Kier molecular flexibility index (Phi) is 9.69. The molecule has 3 aromatic rings. The average Bonchev–Trinajstić information content (AvgIpc) is 2.87. The van der Waals surface area contributed by atoms with E-state index < -0.39 is 31.1 Å².